The van der Waals surface area contributed by atoms with E-state index in [9.17, 15) is 14.7 Å². The van der Waals surface area contributed by atoms with Gasteiger partial charge in [-0.2, -0.15) is 5.10 Å². The van der Waals surface area contributed by atoms with E-state index in [-0.39, 0.29) is 11.3 Å². The fraction of sp³-hybridized carbons (Fsp3) is 0.321. The Hall–Kier alpha value is -3.46. The molecular weight excluding hydrogens is 492 g/mol. The Morgan fingerprint density at radius 1 is 1.05 bits per heavy atom. The molecule has 9 heteroatoms. The van der Waals surface area contributed by atoms with Crippen molar-refractivity contribution in [2.75, 3.05) is 39.4 Å². The number of aliphatic hydroxyl groups excluding tert-OH is 1. The second-order valence-electron chi connectivity index (χ2n) is 9.24. The SMILES string of the molecule is Cc1c(/C(O)=C2\C(=O)C(=O)N(CCCN3CCOCC3)C2c2ccc(Cl)cc2)cnn1-c1ccccc1. The summed E-state index contributed by atoms with van der Waals surface area (Å²) in [7, 11) is 0. The number of rotatable bonds is 7. The fourth-order valence-electron chi connectivity index (χ4n) is 5.01. The molecule has 1 aromatic heterocycles. The number of ketones is 1. The highest BCUT2D eigenvalue weighted by atomic mass is 35.5. The molecule has 1 unspecified atom stereocenters. The van der Waals surface area contributed by atoms with Crippen molar-refractivity contribution in [3.05, 3.63) is 88.2 Å². The number of morpholine rings is 1. The Kier molecular flexibility index (Phi) is 7.41. The third kappa shape index (κ3) is 5.05. The van der Waals surface area contributed by atoms with Gasteiger partial charge >= 0.3 is 0 Å². The largest absolute Gasteiger partial charge is 0.507 e. The number of benzene rings is 2. The molecule has 0 spiro atoms. The monoisotopic (exact) mass is 520 g/mol. The van der Waals surface area contributed by atoms with E-state index in [4.69, 9.17) is 16.3 Å². The summed E-state index contributed by atoms with van der Waals surface area (Å²) >= 11 is 6.12. The molecule has 2 aliphatic rings. The number of Topliss-reactive ketones (excluding diaryl/α,β-unsaturated/α-hetero) is 1. The van der Waals surface area contributed by atoms with Crippen LogP contribution in [0.3, 0.4) is 0 Å². The van der Waals surface area contributed by atoms with Gasteiger partial charge in [-0.15, -0.1) is 0 Å². The van der Waals surface area contributed by atoms with Crippen LogP contribution in [0.15, 0.2) is 66.4 Å². The second-order valence-corrected chi connectivity index (χ2v) is 9.68. The minimum Gasteiger partial charge on any atom is -0.507 e. The molecule has 1 atom stereocenters. The summed E-state index contributed by atoms with van der Waals surface area (Å²) in [5, 5.41) is 16.4. The van der Waals surface area contributed by atoms with Crippen LogP contribution in [0.2, 0.25) is 5.02 Å². The molecule has 2 fully saturated rings. The molecule has 192 valence electrons. The number of para-hydroxylation sites is 1. The molecule has 1 amide bonds. The van der Waals surface area contributed by atoms with Gasteiger partial charge in [0.2, 0.25) is 0 Å². The van der Waals surface area contributed by atoms with Gasteiger partial charge in [0.1, 0.15) is 5.76 Å². The van der Waals surface area contributed by atoms with E-state index >= 15 is 0 Å². The predicted octanol–water partition coefficient (Wildman–Crippen LogP) is 3.98. The molecule has 8 nitrogen and oxygen atoms in total. The van der Waals surface area contributed by atoms with Gasteiger partial charge in [-0.3, -0.25) is 14.5 Å². The molecule has 3 aromatic rings. The van der Waals surface area contributed by atoms with E-state index in [2.05, 4.69) is 10.00 Å². The standard InChI is InChI=1S/C28H29ClN4O4/c1-19-23(18-30-33(19)22-6-3-2-4-7-22)26(34)24-25(20-8-10-21(29)11-9-20)32(28(36)27(24)35)13-5-12-31-14-16-37-17-15-31/h2-4,6-11,18,25,34H,5,12-17H2,1H3/b26-24+. The third-order valence-electron chi connectivity index (χ3n) is 6.97. The number of ether oxygens (including phenoxy) is 1. The van der Waals surface area contributed by atoms with E-state index in [1.165, 1.54) is 6.20 Å². The molecule has 0 aliphatic carbocycles. The minimum absolute atomic E-state index is 0.0643. The molecule has 2 aromatic carbocycles. The molecule has 37 heavy (non-hydrogen) atoms. The number of halogens is 1. The van der Waals surface area contributed by atoms with Crippen molar-refractivity contribution in [3.63, 3.8) is 0 Å². The molecule has 2 saturated heterocycles. The molecule has 0 saturated carbocycles. The van der Waals surface area contributed by atoms with Gasteiger partial charge < -0.3 is 14.7 Å². The number of aliphatic hydroxyl groups is 1. The highest BCUT2D eigenvalue weighted by Crippen LogP contribution is 2.40. The normalized spacial score (nSPS) is 20.1. The van der Waals surface area contributed by atoms with E-state index < -0.39 is 17.7 Å². The molecule has 1 N–H and O–H groups in total. The maximum absolute atomic E-state index is 13.3. The van der Waals surface area contributed by atoms with Crippen molar-refractivity contribution >= 4 is 29.1 Å². The highest BCUT2D eigenvalue weighted by Gasteiger charge is 2.46. The number of hydrogen-bond donors (Lipinski definition) is 1. The zero-order valence-corrected chi connectivity index (χ0v) is 21.4. The van der Waals surface area contributed by atoms with Crippen molar-refractivity contribution in [2.24, 2.45) is 0 Å². The number of nitrogens with zero attached hydrogens (tertiary/aromatic N) is 4. The van der Waals surface area contributed by atoms with Crippen molar-refractivity contribution in [1.29, 1.82) is 0 Å². The van der Waals surface area contributed by atoms with Gasteiger partial charge in [-0.05, 0) is 43.2 Å². The summed E-state index contributed by atoms with van der Waals surface area (Å²) in [6.07, 6.45) is 2.23. The van der Waals surface area contributed by atoms with E-state index in [1.54, 1.807) is 33.8 Å². The molecular formula is C28H29ClN4O4. The first-order valence-electron chi connectivity index (χ1n) is 12.4. The first kappa shape index (κ1) is 25.2. The zero-order valence-electron chi connectivity index (χ0n) is 20.6. The van der Waals surface area contributed by atoms with Crippen LogP contribution in [0.1, 0.15) is 29.3 Å². The minimum atomic E-state index is -0.721. The van der Waals surface area contributed by atoms with Crippen LogP contribution < -0.4 is 0 Å². The van der Waals surface area contributed by atoms with E-state index in [0.29, 0.717) is 48.0 Å². The topological polar surface area (TPSA) is 87.9 Å². The number of carbonyl (C=O) groups is 2. The number of likely N-dealkylation sites (tertiary alicyclic amines) is 1. The van der Waals surface area contributed by atoms with Crippen molar-refractivity contribution in [2.45, 2.75) is 19.4 Å². The first-order valence-corrected chi connectivity index (χ1v) is 12.8. The van der Waals surface area contributed by atoms with Crippen LogP contribution in [0.5, 0.6) is 0 Å². The Morgan fingerprint density at radius 3 is 2.46 bits per heavy atom. The van der Waals surface area contributed by atoms with Crippen LogP contribution in [0.25, 0.3) is 11.4 Å². The van der Waals surface area contributed by atoms with Gasteiger partial charge in [-0.1, -0.05) is 41.9 Å². The Morgan fingerprint density at radius 2 is 1.76 bits per heavy atom. The summed E-state index contributed by atoms with van der Waals surface area (Å²) < 4.78 is 7.11. The van der Waals surface area contributed by atoms with Gasteiger partial charge in [0.15, 0.2) is 0 Å². The van der Waals surface area contributed by atoms with E-state index in [0.717, 1.165) is 25.3 Å². The Labute approximate surface area is 220 Å². The number of aromatic nitrogens is 2. The van der Waals surface area contributed by atoms with E-state index in [1.807, 2.05) is 37.3 Å². The number of hydrogen-bond acceptors (Lipinski definition) is 6. The highest BCUT2D eigenvalue weighted by molar-refractivity contribution is 6.46. The van der Waals surface area contributed by atoms with Gasteiger partial charge in [0.25, 0.3) is 11.7 Å². The maximum Gasteiger partial charge on any atom is 0.295 e. The average molecular weight is 521 g/mol. The lowest BCUT2D eigenvalue weighted by atomic mass is 9.95. The zero-order chi connectivity index (χ0) is 25.9. The van der Waals surface area contributed by atoms with Crippen LogP contribution in [-0.4, -0.2) is 75.8 Å². The average Bonchev–Trinajstić information content (AvgIpc) is 3.42. The molecule has 2 aliphatic heterocycles. The third-order valence-corrected chi connectivity index (χ3v) is 7.22. The van der Waals surface area contributed by atoms with Crippen molar-refractivity contribution < 1.29 is 19.4 Å². The predicted molar refractivity (Wildman–Crippen MR) is 141 cm³/mol. The van der Waals surface area contributed by atoms with Crippen LogP contribution in [0.4, 0.5) is 0 Å². The Balaban J connectivity index is 1.50. The van der Waals surface area contributed by atoms with Crippen molar-refractivity contribution in [3.8, 4) is 5.69 Å². The molecule has 5 rings (SSSR count). The van der Waals surface area contributed by atoms with Gasteiger partial charge in [-0.25, -0.2) is 4.68 Å². The van der Waals surface area contributed by atoms with Crippen LogP contribution in [0, 0.1) is 6.92 Å². The lowest BCUT2D eigenvalue weighted by Gasteiger charge is -2.29. The second kappa shape index (κ2) is 10.9. The van der Waals surface area contributed by atoms with Gasteiger partial charge in [0.05, 0.1) is 48.0 Å². The molecule has 0 radical (unpaired) electrons. The summed E-state index contributed by atoms with van der Waals surface area (Å²) in [5.74, 6) is -1.54. The van der Waals surface area contributed by atoms with Crippen LogP contribution >= 0.6 is 11.6 Å². The first-order chi connectivity index (χ1) is 18.0. The fourth-order valence-corrected chi connectivity index (χ4v) is 5.13. The lowest BCUT2D eigenvalue weighted by Crippen LogP contribution is -2.38. The van der Waals surface area contributed by atoms with Crippen molar-refractivity contribution in [1.82, 2.24) is 19.6 Å². The lowest BCUT2D eigenvalue weighted by molar-refractivity contribution is -0.140. The maximum atomic E-state index is 13.3. The molecule has 3 heterocycles. The van der Waals surface area contributed by atoms with Crippen LogP contribution in [-0.2, 0) is 14.3 Å². The number of carbonyl (C=O) groups excluding carboxylic acids is 2. The summed E-state index contributed by atoms with van der Waals surface area (Å²) in [6.45, 7) is 6.10. The quantitative estimate of drug-likeness (QED) is 0.288. The smallest absolute Gasteiger partial charge is 0.295 e. The van der Waals surface area contributed by atoms with Gasteiger partial charge in [0, 0.05) is 31.2 Å². The molecule has 0 bridgehead atoms. The summed E-state index contributed by atoms with van der Waals surface area (Å²) in [6, 6.07) is 15.8. The Bertz CT molecular complexity index is 1310. The number of amides is 1. The summed E-state index contributed by atoms with van der Waals surface area (Å²) in [5.41, 5.74) is 2.68. The summed E-state index contributed by atoms with van der Waals surface area (Å²) in [4.78, 5) is 30.4.